The van der Waals surface area contributed by atoms with E-state index in [-0.39, 0.29) is 12.5 Å². The van der Waals surface area contributed by atoms with Crippen molar-refractivity contribution in [2.24, 2.45) is 5.10 Å². The van der Waals surface area contributed by atoms with Gasteiger partial charge in [-0.25, -0.2) is 5.43 Å². The van der Waals surface area contributed by atoms with Crippen molar-refractivity contribution in [3.8, 4) is 11.5 Å². The molecule has 0 aliphatic rings. The number of hydrazone groups is 1. The Bertz CT molecular complexity index is 639. The number of nitrogens with zero attached hydrogens (tertiary/aromatic N) is 1. The topological polar surface area (TPSA) is 59.9 Å². The Hall–Kier alpha value is -2.34. The molecular formula is C16H15BrN2O3. The fourth-order valence-corrected chi connectivity index (χ4v) is 1.85. The molecule has 2 aromatic carbocycles. The lowest BCUT2D eigenvalue weighted by atomic mass is 10.2. The second kappa shape index (κ2) is 8.19. The van der Waals surface area contributed by atoms with Gasteiger partial charge < -0.3 is 9.47 Å². The third kappa shape index (κ3) is 5.21. The molecule has 2 rings (SSSR count). The summed E-state index contributed by atoms with van der Waals surface area (Å²) in [5, 5.41) is 3.87. The van der Waals surface area contributed by atoms with E-state index >= 15 is 0 Å². The largest absolute Gasteiger partial charge is 0.497 e. The average Bonchev–Trinajstić information content (AvgIpc) is 2.55. The van der Waals surface area contributed by atoms with Gasteiger partial charge in [0, 0.05) is 4.47 Å². The van der Waals surface area contributed by atoms with Gasteiger partial charge in [0.15, 0.2) is 6.61 Å². The Balaban J connectivity index is 1.76. The van der Waals surface area contributed by atoms with Crippen LogP contribution in [0.15, 0.2) is 58.1 Å². The molecule has 0 radical (unpaired) electrons. The SMILES string of the molecule is COc1ccc(OCC(=O)NN=Cc2ccc(Br)cc2)cc1. The first-order chi connectivity index (χ1) is 10.7. The van der Waals surface area contributed by atoms with Crippen LogP contribution in [0, 0.1) is 0 Å². The molecule has 0 aliphatic carbocycles. The van der Waals surface area contributed by atoms with Crippen molar-refractivity contribution >= 4 is 28.1 Å². The second-order valence-electron chi connectivity index (χ2n) is 4.31. The van der Waals surface area contributed by atoms with Crippen LogP contribution in [-0.4, -0.2) is 25.8 Å². The van der Waals surface area contributed by atoms with Crippen LogP contribution in [0.5, 0.6) is 11.5 Å². The quantitative estimate of drug-likeness (QED) is 0.634. The zero-order chi connectivity index (χ0) is 15.8. The summed E-state index contributed by atoms with van der Waals surface area (Å²) in [6, 6.07) is 14.6. The van der Waals surface area contributed by atoms with Crippen molar-refractivity contribution in [2.75, 3.05) is 13.7 Å². The standard InChI is InChI=1S/C16H15BrN2O3/c1-21-14-6-8-15(9-7-14)22-11-16(20)19-18-10-12-2-4-13(17)5-3-12/h2-10H,11H2,1H3,(H,19,20). The molecular weight excluding hydrogens is 348 g/mol. The molecule has 114 valence electrons. The average molecular weight is 363 g/mol. The molecule has 0 fully saturated rings. The number of hydrogen-bond donors (Lipinski definition) is 1. The van der Waals surface area contributed by atoms with Crippen LogP contribution < -0.4 is 14.9 Å². The molecule has 1 N–H and O–H groups in total. The minimum atomic E-state index is -0.329. The van der Waals surface area contributed by atoms with Gasteiger partial charge in [-0.2, -0.15) is 5.10 Å². The summed E-state index contributed by atoms with van der Waals surface area (Å²) in [5.41, 5.74) is 3.30. The number of benzene rings is 2. The highest BCUT2D eigenvalue weighted by molar-refractivity contribution is 9.10. The summed E-state index contributed by atoms with van der Waals surface area (Å²) in [6.07, 6.45) is 1.57. The van der Waals surface area contributed by atoms with Gasteiger partial charge in [0.25, 0.3) is 5.91 Å². The maximum atomic E-state index is 11.6. The third-order valence-corrected chi connectivity index (χ3v) is 3.23. The normalized spacial score (nSPS) is 10.5. The molecule has 0 unspecified atom stereocenters. The van der Waals surface area contributed by atoms with Crippen molar-refractivity contribution in [1.82, 2.24) is 5.43 Å². The molecule has 0 atom stereocenters. The van der Waals surface area contributed by atoms with Crippen LogP contribution in [0.4, 0.5) is 0 Å². The van der Waals surface area contributed by atoms with E-state index in [0.29, 0.717) is 5.75 Å². The van der Waals surface area contributed by atoms with E-state index in [4.69, 9.17) is 9.47 Å². The van der Waals surface area contributed by atoms with E-state index in [0.717, 1.165) is 15.8 Å². The number of halogens is 1. The highest BCUT2D eigenvalue weighted by Gasteiger charge is 2.01. The van der Waals surface area contributed by atoms with Gasteiger partial charge in [0.2, 0.25) is 0 Å². The van der Waals surface area contributed by atoms with Gasteiger partial charge in [0.05, 0.1) is 13.3 Å². The van der Waals surface area contributed by atoms with Gasteiger partial charge in [-0.3, -0.25) is 4.79 Å². The minimum absolute atomic E-state index is 0.107. The molecule has 0 heterocycles. The van der Waals surface area contributed by atoms with Crippen molar-refractivity contribution < 1.29 is 14.3 Å². The fraction of sp³-hybridized carbons (Fsp3) is 0.125. The molecule has 1 amide bonds. The number of nitrogens with one attached hydrogen (secondary N) is 1. The Morgan fingerprint density at radius 1 is 1.14 bits per heavy atom. The predicted octanol–water partition coefficient (Wildman–Crippen LogP) is 2.99. The van der Waals surface area contributed by atoms with Gasteiger partial charge in [0.1, 0.15) is 11.5 Å². The molecule has 22 heavy (non-hydrogen) atoms. The number of hydrogen-bond acceptors (Lipinski definition) is 4. The predicted molar refractivity (Wildman–Crippen MR) is 88.4 cm³/mol. The summed E-state index contributed by atoms with van der Waals surface area (Å²) >= 11 is 3.35. The Morgan fingerprint density at radius 2 is 1.77 bits per heavy atom. The van der Waals surface area contributed by atoms with Crippen LogP contribution in [0.2, 0.25) is 0 Å². The van der Waals surface area contributed by atoms with Crippen LogP contribution >= 0.6 is 15.9 Å². The van der Waals surface area contributed by atoms with Crippen molar-refractivity contribution in [2.45, 2.75) is 0 Å². The summed E-state index contributed by atoms with van der Waals surface area (Å²) in [6.45, 7) is -0.107. The Morgan fingerprint density at radius 3 is 2.41 bits per heavy atom. The summed E-state index contributed by atoms with van der Waals surface area (Å²) in [4.78, 5) is 11.6. The van der Waals surface area contributed by atoms with Crippen LogP contribution in [0.3, 0.4) is 0 Å². The fourth-order valence-electron chi connectivity index (χ4n) is 1.58. The second-order valence-corrected chi connectivity index (χ2v) is 5.22. The Kier molecular flexibility index (Phi) is 5.97. The van der Waals surface area contributed by atoms with Crippen molar-refractivity contribution in [3.05, 3.63) is 58.6 Å². The highest BCUT2D eigenvalue weighted by Crippen LogP contribution is 2.16. The number of carbonyl (C=O) groups is 1. The molecule has 0 bridgehead atoms. The third-order valence-electron chi connectivity index (χ3n) is 2.70. The van der Waals surface area contributed by atoms with E-state index < -0.39 is 0 Å². The molecule has 0 aliphatic heterocycles. The maximum Gasteiger partial charge on any atom is 0.277 e. The van der Waals surface area contributed by atoms with Crippen LogP contribution in [-0.2, 0) is 4.79 Å². The maximum absolute atomic E-state index is 11.6. The first-order valence-electron chi connectivity index (χ1n) is 6.52. The number of methoxy groups -OCH3 is 1. The molecule has 0 aromatic heterocycles. The van der Waals surface area contributed by atoms with Gasteiger partial charge in [-0.15, -0.1) is 0 Å². The minimum Gasteiger partial charge on any atom is -0.497 e. The lowest BCUT2D eigenvalue weighted by molar-refractivity contribution is -0.123. The molecule has 2 aromatic rings. The number of amides is 1. The van der Waals surface area contributed by atoms with Crippen LogP contribution in [0.1, 0.15) is 5.56 Å². The zero-order valence-corrected chi connectivity index (χ0v) is 13.5. The van der Waals surface area contributed by atoms with Gasteiger partial charge in [-0.05, 0) is 42.0 Å². The number of carbonyl (C=O) groups excluding carboxylic acids is 1. The molecule has 0 spiro atoms. The molecule has 5 nitrogen and oxygen atoms in total. The van der Waals surface area contributed by atoms with E-state index in [1.165, 1.54) is 0 Å². The van der Waals surface area contributed by atoms with Crippen molar-refractivity contribution in [3.63, 3.8) is 0 Å². The van der Waals surface area contributed by atoms with E-state index in [1.54, 1.807) is 37.6 Å². The number of ether oxygens (including phenoxy) is 2. The first kappa shape index (κ1) is 16.0. The van der Waals surface area contributed by atoms with Crippen molar-refractivity contribution in [1.29, 1.82) is 0 Å². The first-order valence-corrected chi connectivity index (χ1v) is 7.31. The monoisotopic (exact) mass is 362 g/mol. The smallest absolute Gasteiger partial charge is 0.277 e. The lowest BCUT2D eigenvalue weighted by Gasteiger charge is -2.05. The number of rotatable bonds is 6. The summed E-state index contributed by atoms with van der Waals surface area (Å²) < 4.78 is 11.4. The molecule has 0 saturated carbocycles. The molecule has 0 saturated heterocycles. The van der Waals surface area contributed by atoms with Crippen LogP contribution in [0.25, 0.3) is 0 Å². The Labute approximate surface area is 137 Å². The van der Waals surface area contributed by atoms with E-state index in [1.807, 2.05) is 24.3 Å². The van der Waals surface area contributed by atoms with E-state index in [9.17, 15) is 4.79 Å². The van der Waals surface area contributed by atoms with Gasteiger partial charge in [-0.1, -0.05) is 28.1 Å². The van der Waals surface area contributed by atoms with E-state index in [2.05, 4.69) is 26.5 Å². The molecule has 6 heteroatoms. The summed E-state index contributed by atoms with van der Waals surface area (Å²) in [7, 11) is 1.59. The highest BCUT2D eigenvalue weighted by atomic mass is 79.9. The zero-order valence-electron chi connectivity index (χ0n) is 12.0. The lowest BCUT2D eigenvalue weighted by Crippen LogP contribution is -2.24. The van der Waals surface area contributed by atoms with Gasteiger partial charge >= 0.3 is 0 Å². The summed E-state index contributed by atoms with van der Waals surface area (Å²) in [5.74, 6) is 0.993.